The van der Waals surface area contributed by atoms with Crippen molar-refractivity contribution in [3.8, 4) is 0 Å². The van der Waals surface area contributed by atoms with Crippen molar-refractivity contribution in [3.63, 3.8) is 0 Å². The molecule has 5 rings (SSSR count). The van der Waals surface area contributed by atoms with E-state index in [0.29, 0.717) is 29.5 Å². The first-order valence-corrected chi connectivity index (χ1v) is 12.0. The topological polar surface area (TPSA) is 29.6 Å². The van der Waals surface area contributed by atoms with E-state index in [-0.39, 0.29) is 22.5 Å². The van der Waals surface area contributed by atoms with Crippen molar-refractivity contribution in [2.45, 2.75) is 104 Å². The highest BCUT2D eigenvalue weighted by molar-refractivity contribution is 5.94. The van der Waals surface area contributed by atoms with E-state index in [1.165, 1.54) is 57.8 Å². The van der Waals surface area contributed by atoms with Crippen LogP contribution in [0.15, 0.2) is 0 Å². The van der Waals surface area contributed by atoms with Gasteiger partial charge in [0.2, 0.25) is 0 Å². The van der Waals surface area contributed by atoms with E-state index in [4.69, 9.17) is 4.74 Å². The maximum Gasteiger partial charge on any atom is 0.171 e. The first-order chi connectivity index (χ1) is 12.8. The van der Waals surface area contributed by atoms with Crippen LogP contribution in [-0.2, 0) is 9.53 Å². The Morgan fingerprint density at radius 3 is 2.59 bits per heavy atom. The van der Waals surface area contributed by atoms with Crippen molar-refractivity contribution in [1.82, 2.24) is 0 Å². The predicted molar refractivity (Wildman–Crippen MR) is 108 cm³/mol. The third kappa shape index (κ3) is 2.10. The number of hydrogen-bond acceptors (Lipinski definition) is 2. The van der Waals surface area contributed by atoms with Gasteiger partial charge >= 0.3 is 0 Å². The molecule has 4 aliphatic carbocycles. The molecule has 0 aromatic carbocycles. The molecule has 2 heteroatoms. The molecule has 152 valence electrons. The Balaban J connectivity index is 1.51. The molecule has 0 N–H and O–H groups in total. The van der Waals surface area contributed by atoms with E-state index in [1.54, 1.807) is 0 Å². The quantitative estimate of drug-likeness (QED) is 0.566. The molecule has 5 fully saturated rings. The second-order valence-corrected chi connectivity index (χ2v) is 11.7. The number of ketones is 1. The highest BCUT2D eigenvalue weighted by Crippen LogP contribution is 2.76. The van der Waals surface area contributed by atoms with Gasteiger partial charge in [0, 0.05) is 10.8 Å². The Bertz CT molecular complexity index is 642. The van der Waals surface area contributed by atoms with Gasteiger partial charge in [-0.25, -0.2) is 0 Å². The standard InChI is InChI=1S/C25H40O2/c1-6-7-16(3)18-10-11-19-20-9-8-17-14-15(2)12-13-23(17,4)25(20)22(27-25)21(26)24(18,19)5/h15-20,22H,6-14H2,1-5H3/t15-,16-,17-,18?,19?,20?,22-,23+,24-,25+/m1/s1. The number of carbonyl (C=O) groups is 1. The van der Waals surface area contributed by atoms with Gasteiger partial charge < -0.3 is 4.74 Å². The number of Topliss-reactive ketones (excluding diaryl/α,β-unsaturated/α-hetero) is 1. The van der Waals surface area contributed by atoms with Gasteiger partial charge in [-0.05, 0) is 74.0 Å². The molecule has 10 atom stereocenters. The van der Waals surface area contributed by atoms with Crippen LogP contribution in [0.2, 0.25) is 0 Å². The summed E-state index contributed by atoms with van der Waals surface area (Å²) in [6.45, 7) is 12.0. The van der Waals surface area contributed by atoms with E-state index in [0.717, 1.165) is 11.8 Å². The van der Waals surface area contributed by atoms with Gasteiger partial charge in [-0.2, -0.15) is 0 Å². The molecule has 3 unspecified atom stereocenters. The lowest BCUT2D eigenvalue weighted by atomic mass is 9.43. The van der Waals surface area contributed by atoms with Crippen LogP contribution in [0.25, 0.3) is 0 Å². The summed E-state index contributed by atoms with van der Waals surface area (Å²) in [6.07, 6.45) is 11.6. The summed E-state index contributed by atoms with van der Waals surface area (Å²) in [5, 5.41) is 0. The van der Waals surface area contributed by atoms with Crippen LogP contribution in [0.1, 0.15) is 92.4 Å². The average molecular weight is 373 g/mol. The van der Waals surface area contributed by atoms with Gasteiger partial charge in [0.1, 0.15) is 11.7 Å². The van der Waals surface area contributed by atoms with Crippen molar-refractivity contribution >= 4 is 5.78 Å². The molecular weight excluding hydrogens is 332 g/mol. The van der Waals surface area contributed by atoms with Crippen molar-refractivity contribution in [2.24, 2.45) is 46.3 Å². The summed E-state index contributed by atoms with van der Waals surface area (Å²) in [5.41, 5.74) is 0.0481. The number of epoxide rings is 1. The smallest absolute Gasteiger partial charge is 0.171 e. The number of carbonyl (C=O) groups excluding carboxylic acids is 1. The second kappa shape index (κ2) is 5.83. The van der Waals surface area contributed by atoms with Crippen molar-refractivity contribution in [2.75, 3.05) is 0 Å². The van der Waals surface area contributed by atoms with Crippen LogP contribution in [0.4, 0.5) is 0 Å². The number of fused-ring (bicyclic) bond motifs is 3. The molecule has 5 aliphatic rings. The van der Waals surface area contributed by atoms with Crippen LogP contribution in [0.3, 0.4) is 0 Å². The first kappa shape index (κ1) is 18.6. The van der Waals surface area contributed by atoms with E-state index >= 15 is 0 Å². The molecule has 2 nitrogen and oxygen atoms in total. The fraction of sp³-hybridized carbons (Fsp3) is 0.960. The molecular formula is C25H40O2. The third-order valence-electron chi connectivity index (χ3n) is 10.7. The highest BCUT2D eigenvalue weighted by atomic mass is 16.6. The van der Waals surface area contributed by atoms with Crippen LogP contribution in [0.5, 0.6) is 0 Å². The summed E-state index contributed by atoms with van der Waals surface area (Å²) in [5.74, 6) is 4.59. The first-order valence-electron chi connectivity index (χ1n) is 12.0. The van der Waals surface area contributed by atoms with Crippen molar-refractivity contribution in [3.05, 3.63) is 0 Å². The molecule has 4 saturated carbocycles. The minimum absolute atomic E-state index is 0.0700. The fourth-order valence-electron chi connectivity index (χ4n) is 9.24. The minimum Gasteiger partial charge on any atom is -0.357 e. The molecule has 1 spiro atoms. The second-order valence-electron chi connectivity index (χ2n) is 11.7. The van der Waals surface area contributed by atoms with Crippen LogP contribution >= 0.6 is 0 Å². The largest absolute Gasteiger partial charge is 0.357 e. The zero-order valence-corrected chi connectivity index (χ0v) is 18.2. The summed E-state index contributed by atoms with van der Waals surface area (Å²) < 4.78 is 6.63. The monoisotopic (exact) mass is 372 g/mol. The number of hydrogen-bond donors (Lipinski definition) is 0. The Morgan fingerprint density at radius 1 is 1.11 bits per heavy atom. The van der Waals surface area contributed by atoms with Gasteiger partial charge in [-0.15, -0.1) is 0 Å². The zero-order valence-electron chi connectivity index (χ0n) is 18.2. The Labute approximate surface area is 166 Å². The molecule has 27 heavy (non-hydrogen) atoms. The fourth-order valence-corrected chi connectivity index (χ4v) is 9.24. The molecule has 0 bridgehead atoms. The Kier molecular flexibility index (Phi) is 4.03. The number of rotatable bonds is 3. The Hall–Kier alpha value is -0.370. The summed E-state index contributed by atoms with van der Waals surface area (Å²) in [7, 11) is 0. The molecule has 0 aromatic heterocycles. The lowest BCUT2D eigenvalue weighted by Crippen LogP contribution is -2.63. The van der Waals surface area contributed by atoms with Gasteiger partial charge in [0.15, 0.2) is 5.78 Å². The molecule has 1 heterocycles. The maximum atomic E-state index is 13.9. The van der Waals surface area contributed by atoms with E-state index in [2.05, 4.69) is 34.6 Å². The molecule has 1 aliphatic heterocycles. The predicted octanol–water partition coefficient (Wildman–Crippen LogP) is 6.03. The zero-order chi connectivity index (χ0) is 19.2. The van der Waals surface area contributed by atoms with Crippen molar-refractivity contribution in [1.29, 1.82) is 0 Å². The summed E-state index contributed by atoms with van der Waals surface area (Å²) >= 11 is 0. The van der Waals surface area contributed by atoms with E-state index in [1.807, 2.05) is 0 Å². The SMILES string of the molecule is CCC[C@@H](C)C1CCC2C3CC[C@@H]4C[C@H](C)CC[C@]4(C)[C@]34O[C@@H]4C(=O)[C@@]21C. The van der Waals surface area contributed by atoms with E-state index < -0.39 is 0 Å². The summed E-state index contributed by atoms with van der Waals surface area (Å²) in [4.78, 5) is 13.9. The van der Waals surface area contributed by atoms with Gasteiger partial charge in [0.05, 0.1) is 0 Å². The molecule has 1 saturated heterocycles. The van der Waals surface area contributed by atoms with Gasteiger partial charge in [-0.1, -0.05) is 53.9 Å². The lowest BCUT2D eigenvalue weighted by Gasteiger charge is -2.58. The summed E-state index contributed by atoms with van der Waals surface area (Å²) in [6, 6.07) is 0. The maximum absolute atomic E-state index is 13.9. The highest BCUT2D eigenvalue weighted by Gasteiger charge is 2.83. The van der Waals surface area contributed by atoms with Crippen LogP contribution < -0.4 is 0 Å². The Morgan fingerprint density at radius 2 is 1.85 bits per heavy atom. The molecule has 0 radical (unpaired) electrons. The van der Waals surface area contributed by atoms with Gasteiger partial charge in [0.25, 0.3) is 0 Å². The average Bonchev–Trinajstić information content (AvgIpc) is 3.28. The van der Waals surface area contributed by atoms with Gasteiger partial charge in [-0.3, -0.25) is 4.79 Å². The molecule has 0 amide bonds. The van der Waals surface area contributed by atoms with Crippen molar-refractivity contribution < 1.29 is 9.53 Å². The normalized spacial score (nSPS) is 57.3. The number of ether oxygens (including phenoxy) is 1. The minimum atomic E-state index is -0.116. The van der Waals surface area contributed by atoms with Crippen LogP contribution in [0, 0.1) is 46.3 Å². The third-order valence-corrected chi connectivity index (χ3v) is 10.7. The lowest BCUT2D eigenvalue weighted by molar-refractivity contribution is -0.148. The molecule has 0 aromatic rings. The van der Waals surface area contributed by atoms with E-state index in [9.17, 15) is 4.79 Å². The van der Waals surface area contributed by atoms with Crippen LogP contribution in [-0.4, -0.2) is 17.5 Å².